The van der Waals surface area contributed by atoms with E-state index in [1.54, 1.807) is 24.3 Å². The molecule has 2 aliphatic rings. The molecule has 2 heterocycles. The zero-order valence-corrected chi connectivity index (χ0v) is 17.8. The highest BCUT2D eigenvalue weighted by atomic mass is 16.5. The van der Waals surface area contributed by atoms with Gasteiger partial charge in [-0.2, -0.15) is 0 Å². The second-order valence-electron chi connectivity index (χ2n) is 7.85. The summed E-state index contributed by atoms with van der Waals surface area (Å²) in [7, 11) is 0. The van der Waals surface area contributed by atoms with Gasteiger partial charge in [-0.05, 0) is 24.3 Å². The summed E-state index contributed by atoms with van der Waals surface area (Å²) in [5, 5.41) is 20.0. The molecule has 0 spiro atoms. The predicted octanol–water partition coefficient (Wildman–Crippen LogP) is 0.244. The Labute approximate surface area is 185 Å². The Morgan fingerprint density at radius 3 is 1.28 bits per heavy atom. The van der Waals surface area contributed by atoms with Crippen molar-refractivity contribution in [3.8, 4) is 11.5 Å². The number of hydrogen-bond donors (Lipinski definition) is 2. The van der Waals surface area contributed by atoms with Crippen LogP contribution in [0.1, 0.15) is 38.5 Å². The van der Waals surface area contributed by atoms with Crippen molar-refractivity contribution in [3.63, 3.8) is 0 Å². The zero-order valence-electron chi connectivity index (χ0n) is 17.8. The van der Waals surface area contributed by atoms with E-state index in [-0.39, 0.29) is 88.5 Å². The van der Waals surface area contributed by atoms with Crippen molar-refractivity contribution in [1.82, 2.24) is 9.80 Å². The summed E-state index contributed by atoms with van der Waals surface area (Å²) in [6.07, 6.45) is -0.340. The summed E-state index contributed by atoms with van der Waals surface area (Å²) >= 11 is 0. The molecule has 0 saturated carbocycles. The summed E-state index contributed by atoms with van der Waals surface area (Å²) in [5.41, 5.74) is 0. The van der Waals surface area contributed by atoms with Gasteiger partial charge in [-0.1, -0.05) is 0 Å². The monoisotopic (exact) mass is 448 g/mol. The van der Waals surface area contributed by atoms with E-state index in [1.807, 2.05) is 0 Å². The number of rotatable bonds is 12. The van der Waals surface area contributed by atoms with Gasteiger partial charge in [-0.3, -0.25) is 29.0 Å². The van der Waals surface area contributed by atoms with E-state index >= 15 is 0 Å². The lowest BCUT2D eigenvalue weighted by Gasteiger charge is -2.19. The number of aliphatic hydroxyl groups is 2. The number of imide groups is 2. The minimum absolute atomic E-state index is 0.0142. The van der Waals surface area contributed by atoms with Crippen molar-refractivity contribution in [2.45, 2.75) is 50.7 Å². The van der Waals surface area contributed by atoms with Gasteiger partial charge >= 0.3 is 0 Å². The second-order valence-corrected chi connectivity index (χ2v) is 7.85. The van der Waals surface area contributed by atoms with Crippen molar-refractivity contribution < 1.29 is 38.9 Å². The van der Waals surface area contributed by atoms with Gasteiger partial charge in [-0.15, -0.1) is 0 Å². The van der Waals surface area contributed by atoms with Crippen LogP contribution in [0.2, 0.25) is 0 Å². The fraction of sp³-hybridized carbons (Fsp3) is 0.545. The second kappa shape index (κ2) is 11.1. The van der Waals surface area contributed by atoms with Crippen molar-refractivity contribution in [3.05, 3.63) is 24.3 Å². The van der Waals surface area contributed by atoms with Crippen LogP contribution in [0, 0.1) is 0 Å². The highest BCUT2D eigenvalue weighted by molar-refractivity contribution is 6.02. The van der Waals surface area contributed by atoms with E-state index in [2.05, 4.69) is 0 Å². The molecule has 10 heteroatoms. The first-order valence-corrected chi connectivity index (χ1v) is 10.7. The summed E-state index contributed by atoms with van der Waals surface area (Å²) in [5.74, 6) is 0.132. The van der Waals surface area contributed by atoms with Crippen molar-refractivity contribution in [2.75, 3.05) is 26.3 Å². The molecule has 2 saturated heterocycles. The maximum atomic E-state index is 11.6. The molecule has 32 heavy (non-hydrogen) atoms. The van der Waals surface area contributed by atoms with Crippen LogP contribution < -0.4 is 9.47 Å². The summed E-state index contributed by atoms with van der Waals surface area (Å²) in [6, 6.07) is 6.81. The first-order chi connectivity index (χ1) is 15.3. The lowest BCUT2D eigenvalue weighted by atomic mass is 10.2. The van der Waals surface area contributed by atoms with Crippen molar-refractivity contribution in [1.29, 1.82) is 0 Å². The number of hydrogen-bond acceptors (Lipinski definition) is 8. The number of likely N-dealkylation sites (tertiary alicyclic amines) is 2. The molecule has 1 aromatic carbocycles. The lowest BCUT2D eigenvalue weighted by molar-refractivity contribution is -0.141. The van der Waals surface area contributed by atoms with Gasteiger partial charge < -0.3 is 19.7 Å². The average Bonchev–Trinajstić information content (AvgIpc) is 3.25. The molecule has 174 valence electrons. The SMILES string of the molecule is O=C1CCC(=O)N1CC(O)CCOc1ccc(OCCC(O)CN2C(=O)CCC2=O)cc1. The van der Waals surface area contributed by atoms with E-state index in [0.29, 0.717) is 11.5 Å². The molecule has 3 rings (SSSR count). The largest absolute Gasteiger partial charge is 0.493 e. The van der Waals surface area contributed by atoms with Crippen molar-refractivity contribution in [2.24, 2.45) is 0 Å². The molecule has 2 atom stereocenters. The zero-order chi connectivity index (χ0) is 23.1. The molecular weight excluding hydrogens is 420 g/mol. The third-order valence-electron chi connectivity index (χ3n) is 5.36. The van der Waals surface area contributed by atoms with Gasteiger partial charge in [0.1, 0.15) is 11.5 Å². The number of carbonyl (C=O) groups is 4. The molecule has 2 aliphatic heterocycles. The van der Waals surface area contributed by atoms with Crippen LogP contribution in [0.3, 0.4) is 0 Å². The number of nitrogens with zero attached hydrogens (tertiary/aromatic N) is 2. The Balaban J connectivity index is 1.31. The van der Waals surface area contributed by atoms with Gasteiger partial charge in [0, 0.05) is 38.5 Å². The number of β-amino-alcohol motifs (C(OH)–C–C–N with tert-alkyl or cyclic N) is 2. The molecule has 10 nitrogen and oxygen atoms in total. The van der Waals surface area contributed by atoms with Crippen LogP contribution in [0.25, 0.3) is 0 Å². The summed E-state index contributed by atoms with van der Waals surface area (Å²) in [4.78, 5) is 48.5. The first-order valence-electron chi connectivity index (χ1n) is 10.7. The third-order valence-corrected chi connectivity index (χ3v) is 5.36. The highest BCUT2D eigenvalue weighted by Gasteiger charge is 2.31. The van der Waals surface area contributed by atoms with Gasteiger partial charge in [0.05, 0.1) is 38.5 Å². The molecule has 0 aliphatic carbocycles. The van der Waals surface area contributed by atoms with E-state index in [9.17, 15) is 29.4 Å². The number of amides is 4. The maximum Gasteiger partial charge on any atom is 0.229 e. The van der Waals surface area contributed by atoms with Crippen molar-refractivity contribution >= 4 is 23.6 Å². The summed E-state index contributed by atoms with van der Waals surface area (Å²) < 4.78 is 11.1. The number of ether oxygens (including phenoxy) is 2. The maximum absolute atomic E-state index is 11.6. The van der Waals surface area contributed by atoms with E-state index in [1.165, 1.54) is 0 Å². The number of benzene rings is 1. The van der Waals surface area contributed by atoms with Crippen LogP contribution in [-0.4, -0.2) is 82.2 Å². The van der Waals surface area contributed by atoms with Crippen LogP contribution in [-0.2, 0) is 19.2 Å². The van der Waals surface area contributed by atoms with Gasteiger partial charge in [-0.25, -0.2) is 0 Å². The Morgan fingerprint density at radius 1 is 0.656 bits per heavy atom. The molecule has 2 unspecified atom stereocenters. The fourth-order valence-electron chi connectivity index (χ4n) is 3.51. The van der Waals surface area contributed by atoms with Crippen LogP contribution in [0.5, 0.6) is 11.5 Å². The van der Waals surface area contributed by atoms with Crippen LogP contribution in [0.15, 0.2) is 24.3 Å². The normalized spacial score (nSPS) is 18.4. The van der Waals surface area contributed by atoms with Gasteiger partial charge in [0.2, 0.25) is 23.6 Å². The Bertz CT molecular complexity index is 740. The average molecular weight is 448 g/mol. The Hall–Kier alpha value is -2.98. The molecule has 4 amide bonds. The topological polar surface area (TPSA) is 134 Å². The molecular formula is C22H28N2O8. The molecule has 2 fully saturated rings. The molecule has 1 aromatic rings. The lowest BCUT2D eigenvalue weighted by Crippen LogP contribution is -2.37. The Kier molecular flexibility index (Phi) is 8.18. The standard InChI is InChI=1S/C22H28N2O8/c25-15(13-23-19(27)5-6-20(23)28)9-11-31-17-1-2-18(4-3-17)32-12-10-16(26)14-24-21(29)7-8-22(24)30/h1-4,15-16,25-26H,5-14H2. The summed E-state index contributed by atoms with van der Waals surface area (Å²) in [6.45, 7) is 0.412. The van der Waals surface area contributed by atoms with Crippen LogP contribution >= 0.6 is 0 Å². The Morgan fingerprint density at radius 2 is 0.969 bits per heavy atom. The first kappa shape index (κ1) is 23.7. The van der Waals surface area contributed by atoms with E-state index in [0.717, 1.165) is 9.80 Å². The van der Waals surface area contributed by atoms with Crippen LogP contribution in [0.4, 0.5) is 0 Å². The molecule has 0 aromatic heterocycles. The molecule has 0 bridgehead atoms. The quantitative estimate of drug-likeness (QED) is 0.435. The number of carbonyl (C=O) groups excluding carboxylic acids is 4. The smallest absolute Gasteiger partial charge is 0.229 e. The number of aliphatic hydroxyl groups excluding tert-OH is 2. The van der Waals surface area contributed by atoms with E-state index in [4.69, 9.17) is 9.47 Å². The minimum Gasteiger partial charge on any atom is -0.493 e. The molecule has 0 radical (unpaired) electrons. The predicted molar refractivity (Wildman–Crippen MR) is 111 cm³/mol. The van der Waals surface area contributed by atoms with E-state index < -0.39 is 12.2 Å². The highest BCUT2D eigenvalue weighted by Crippen LogP contribution is 2.19. The fourth-order valence-corrected chi connectivity index (χ4v) is 3.51. The van der Waals surface area contributed by atoms with Gasteiger partial charge in [0.15, 0.2) is 0 Å². The van der Waals surface area contributed by atoms with Gasteiger partial charge in [0.25, 0.3) is 0 Å². The third kappa shape index (κ3) is 6.51. The molecule has 2 N–H and O–H groups in total. The minimum atomic E-state index is -0.846.